The largest absolute Gasteiger partial charge is 0.457 e. The van der Waals surface area contributed by atoms with Crippen molar-refractivity contribution in [2.24, 2.45) is 0 Å². The average Bonchev–Trinajstić information content (AvgIpc) is 3.06. The summed E-state index contributed by atoms with van der Waals surface area (Å²) in [7, 11) is 0. The van der Waals surface area contributed by atoms with Gasteiger partial charge in [0.2, 0.25) is 0 Å². The Morgan fingerprint density at radius 3 is 1.48 bits per heavy atom. The molecule has 264 valence electrons. The van der Waals surface area contributed by atoms with Gasteiger partial charge in [-0.05, 0) is 83.5 Å². The molecular formula is C42H72O4. The number of rotatable bonds is 34. The molecule has 0 aromatic carbocycles. The first-order chi connectivity index (χ1) is 22.7. The van der Waals surface area contributed by atoms with Gasteiger partial charge in [0.05, 0.1) is 13.2 Å². The van der Waals surface area contributed by atoms with Crippen molar-refractivity contribution in [3.05, 3.63) is 72.9 Å². The summed E-state index contributed by atoms with van der Waals surface area (Å²) in [6, 6.07) is 0. The molecule has 0 saturated heterocycles. The van der Waals surface area contributed by atoms with Gasteiger partial charge in [-0.2, -0.15) is 0 Å². The van der Waals surface area contributed by atoms with E-state index in [2.05, 4.69) is 86.8 Å². The van der Waals surface area contributed by atoms with Crippen LogP contribution in [0.3, 0.4) is 0 Å². The fourth-order valence-corrected chi connectivity index (χ4v) is 4.94. The van der Waals surface area contributed by atoms with E-state index in [1.165, 1.54) is 64.2 Å². The molecule has 4 nitrogen and oxygen atoms in total. The van der Waals surface area contributed by atoms with Crippen molar-refractivity contribution in [3.63, 3.8) is 0 Å². The van der Waals surface area contributed by atoms with E-state index in [1.54, 1.807) is 0 Å². The topological polar surface area (TPSA) is 55.8 Å². The number of esters is 1. The van der Waals surface area contributed by atoms with E-state index in [4.69, 9.17) is 9.47 Å². The molecule has 0 aromatic rings. The summed E-state index contributed by atoms with van der Waals surface area (Å²) in [4.78, 5) is 12.2. The van der Waals surface area contributed by atoms with Gasteiger partial charge in [-0.3, -0.25) is 4.79 Å². The number of carbonyl (C=O) groups excluding carboxylic acids is 1. The predicted octanol–water partition coefficient (Wildman–Crippen LogP) is 12.3. The molecule has 46 heavy (non-hydrogen) atoms. The zero-order valence-corrected chi connectivity index (χ0v) is 30.1. The number of allylic oxidation sites excluding steroid dienone is 12. The van der Waals surface area contributed by atoms with Crippen LogP contribution in [0.1, 0.15) is 162 Å². The summed E-state index contributed by atoms with van der Waals surface area (Å²) in [6.07, 6.45) is 52.3. The third-order valence-electron chi connectivity index (χ3n) is 7.77. The summed E-state index contributed by atoms with van der Waals surface area (Å²) in [5, 5.41) is 9.57. The third kappa shape index (κ3) is 36.3. The number of hydrogen-bond donors (Lipinski definition) is 1. The lowest BCUT2D eigenvalue weighted by Gasteiger charge is -2.15. The van der Waals surface area contributed by atoms with Crippen LogP contribution in [0.4, 0.5) is 0 Å². The first-order valence-electron chi connectivity index (χ1n) is 19.0. The molecule has 0 aliphatic heterocycles. The predicted molar refractivity (Wildman–Crippen MR) is 200 cm³/mol. The summed E-state index contributed by atoms with van der Waals surface area (Å²) in [5.41, 5.74) is 0. The Labute approximate surface area is 285 Å². The van der Waals surface area contributed by atoms with Crippen molar-refractivity contribution in [2.75, 3.05) is 19.8 Å². The minimum atomic E-state index is -0.556. The van der Waals surface area contributed by atoms with E-state index in [9.17, 15) is 9.90 Å². The molecule has 1 unspecified atom stereocenters. The van der Waals surface area contributed by atoms with Crippen LogP contribution in [0.25, 0.3) is 0 Å². The Balaban J connectivity index is 3.55. The number of aliphatic hydroxyl groups is 1. The maximum absolute atomic E-state index is 12.2. The Hall–Kier alpha value is -2.17. The van der Waals surface area contributed by atoms with Crippen LogP contribution in [0.2, 0.25) is 0 Å². The second-order valence-electron chi connectivity index (χ2n) is 12.3. The van der Waals surface area contributed by atoms with Gasteiger partial charge in [0.15, 0.2) is 0 Å². The molecule has 0 aliphatic rings. The second kappa shape index (κ2) is 39.0. The van der Waals surface area contributed by atoms with Crippen molar-refractivity contribution in [1.82, 2.24) is 0 Å². The minimum Gasteiger partial charge on any atom is -0.457 e. The fourth-order valence-electron chi connectivity index (χ4n) is 4.94. The van der Waals surface area contributed by atoms with Crippen molar-refractivity contribution < 1.29 is 19.4 Å². The first-order valence-corrected chi connectivity index (χ1v) is 19.0. The molecule has 0 spiro atoms. The molecule has 0 bridgehead atoms. The maximum atomic E-state index is 12.2. The summed E-state index contributed by atoms with van der Waals surface area (Å²) in [5.74, 6) is -0.231. The molecule has 0 heterocycles. The zero-order valence-electron chi connectivity index (χ0n) is 30.1. The van der Waals surface area contributed by atoms with Gasteiger partial charge in [-0.1, -0.05) is 145 Å². The third-order valence-corrected chi connectivity index (χ3v) is 7.77. The van der Waals surface area contributed by atoms with E-state index in [1.807, 2.05) is 0 Å². The lowest BCUT2D eigenvalue weighted by Crippen LogP contribution is -2.27. The van der Waals surface area contributed by atoms with E-state index in [-0.39, 0.29) is 19.2 Å². The highest BCUT2D eigenvalue weighted by atomic mass is 16.6. The van der Waals surface area contributed by atoms with Gasteiger partial charge in [0, 0.05) is 13.0 Å². The molecule has 0 rings (SSSR count). The highest BCUT2D eigenvalue weighted by Crippen LogP contribution is 2.10. The molecular weight excluding hydrogens is 568 g/mol. The molecule has 0 saturated carbocycles. The van der Waals surface area contributed by atoms with Gasteiger partial charge in [-0.25, -0.2) is 0 Å². The van der Waals surface area contributed by atoms with E-state index < -0.39 is 6.10 Å². The highest BCUT2D eigenvalue weighted by molar-refractivity contribution is 5.69. The van der Waals surface area contributed by atoms with E-state index in [0.29, 0.717) is 13.0 Å². The lowest BCUT2D eigenvalue weighted by atomic mass is 10.1. The maximum Gasteiger partial charge on any atom is 0.306 e. The van der Waals surface area contributed by atoms with Crippen LogP contribution in [-0.4, -0.2) is 37.0 Å². The van der Waals surface area contributed by atoms with Crippen LogP contribution >= 0.6 is 0 Å². The van der Waals surface area contributed by atoms with E-state index in [0.717, 1.165) is 77.0 Å². The van der Waals surface area contributed by atoms with Gasteiger partial charge in [0.1, 0.15) is 6.10 Å². The highest BCUT2D eigenvalue weighted by Gasteiger charge is 2.13. The summed E-state index contributed by atoms with van der Waals surface area (Å²) >= 11 is 0. The molecule has 0 amide bonds. The first kappa shape index (κ1) is 43.8. The minimum absolute atomic E-state index is 0.190. The summed E-state index contributed by atoms with van der Waals surface area (Å²) < 4.78 is 11.1. The van der Waals surface area contributed by atoms with Crippen molar-refractivity contribution in [3.8, 4) is 0 Å². The lowest BCUT2D eigenvalue weighted by molar-refractivity contribution is -0.154. The Morgan fingerprint density at radius 1 is 0.543 bits per heavy atom. The standard InChI is InChI=1S/C42H72O4/c1-3-5-7-9-11-13-15-17-19-21-23-25-27-29-31-33-35-37-42(44)46-41(39-43)40-45-38-36-34-32-30-28-26-24-22-20-18-16-14-12-10-8-6-4-2/h5,7,11,13-14,16-17,19-20,22-23,25,41,43H,3-4,6,8-10,12,15,18,21,24,26-40H2,1-2H3/b7-5-,13-11-,16-14-,19-17-,22-20-,25-23-. The van der Waals surface area contributed by atoms with Crippen LogP contribution < -0.4 is 0 Å². The zero-order chi connectivity index (χ0) is 33.4. The summed E-state index contributed by atoms with van der Waals surface area (Å²) in [6.45, 7) is 5.15. The molecule has 1 atom stereocenters. The monoisotopic (exact) mass is 641 g/mol. The second-order valence-corrected chi connectivity index (χ2v) is 12.3. The Kier molecular flexibility index (Phi) is 37.2. The SMILES string of the molecule is CC/C=C\C/C=C\C/C=C\C/C=C\CCCCCCC(=O)OC(CO)COCCCCCCCC/C=C\C/C=C\CCCCCC. The van der Waals surface area contributed by atoms with Crippen molar-refractivity contribution >= 4 is 5.97 Å². The number of ether oxygens (including phenoxy) is 2. The van der Waals surface area contributed by atoms with Gasteiger partial charge in [0.25, 0.3) is 0 Å². The fraction of sp³-hybridized carbons (Fsp3) is 0.690. The molecule has 0 aromatic heterocycles. The molecule has 1 N–H and O–H groups in total. The molecule has 4 heteroatoms. The van der Waals surface area contributed by atoms with Crippen LogP contribution in [0, 0.1) is 0 Å². The van der Waals surface area contributed by atoms with E-state index >= 15 is 0 Å². The Morgan fingerprint density at radius 2 is 0.978 bits per heavy atom. The molecule has 0 radical (unpaired) electrons. The van der Waals surface area contributed by atoms with Crippen LogP contribution in [-0.2, 0) is 14.3 Å². The number of aliphatic hydroxyl groups excluding tert-OH is 1. The van der Waals surface area contributed by atoms with Crippen LogP contribution in [0.15, 0.2) is 72.9 Å². The van der Waals surface area contributed by atoms with Crippen molar-refractivity contribution in [2.45, 2.75) is 168 Å². The van der Waals surface area contributed by atoms with Crippen LogP contribution in [0.5, 0.6) is 0 Å². The van der Waals surface area contributed by atoms with Gasteiger partial charge in [-0.15, -0.1) is 0 Å². The number of unbranched alkanes of at least 4 members (excludes halogenated alkanes) is 14. The number of carbonyl (C=O) groups is 1. The quantitative estimate of drug-likeness (QED) is 0.0432. The molecule has 0 aliphatic carbocycles. The number of hydrogen-bond acceptors (Lipinski definition) is 4. The smallest absolute Gasteiger partial charge is 0.306 e. The van der Waals surface area contributed by atoms with Gasteiger partial charge >= 0.3 is 5.97 Å². The normalized spacial score (nSPS) is 13.2. The van der Waals surface area contributed by atoms with Gasteiger partial charge < -0.3 is 14.6 Å². The average molecular weight is 641 g/mol. The van der Waals surface area contributed by atoms with Crippen molar-refractivity contribution in [1.29, 1.82) is 0 Å². The Bertz CT molecular complexity index is 804. The molecule has 0 fully saturated rings.